The number of hydrogen-bond acceptors (Lipinski definition) is 7. The van der Waals surface area contributed by atoms with Crippen molar-refractivity contribution in [3.8, 4) is 0 Å². The molecule has 1 unspecified atom stereocenters. The molecule has 0 bridgehead atoms. The summed E-state index contributed by atoms with van der Waals surface area (Å²) in [6.07, 6.45) is 19.1. The smallest absolute Gasteiger partial charge is 0.305 e. The normalized spacial score (nSPS) is 14.5. The molecule has 0 amide bonds. The fourth-order valence-corrected chi connectivity index (χ4v) is 3.82. The number of phosphoric ester groups is 1. The van der Waals surface area contributed by atoms with Gasteiger partial charge in [0.2, 0.25) is 0 Å². The van der Waals surface area contributed by atoms with Gasteiger partial charge < -0.3 is 29.5 Å². The van der Waals surface area contributed by atoms with E-state index in [1.54, 1.807) is 0 Å². The highest BCUT2D eigenvalue weighted by molar-refractivity contribution is 7.45. The highest BCUT2D eigenvalue weighted by Crippen LogP contribution is 2.37. The molecule has 2 atom stereocenters. The molecule has 4 N–H and O–H groups in total. The maximum atomic E-state index is 11.7. The van der Waals surface area contributed by atoms with Crippen molar-refractivity contribution in [3.63, 3.8) is 0 Å². The van der Waals surface area contributed by atoms with Crippen LogP contribution in [0.15, 0.2) is 12.2 Å². The van der Waals surface area contributed by atoms with Gasteiger partial charge in [-0.1, -0.05) is 70.4 Å². The molecule has 0 aliphatic heterocycles. The first-order valence-electron chi connectivity index (χ1n) is 12.3. The summed E-state index contributed by atoms with van der Waals surface area (Å²) in [7, 11) is -4.45. The van der Waals surface area contributed by atoms with Gasteiger partial charge in [-0.15, -0.1) is 0 Å². The van der Waals surface area contributed by atoms with Crippen LogP contribution in [0.25, 0.3) is 0 Å². The van der Waals surface area contributed by atoms with Gasteiger partial charge in [-0.2, -0.15) is 0 Å². The lowest BCUT2D eigenvalue weighted by atomic mass is 10.1. The number of esters is 1. The first-order valence-corrected chi connectivity index (χ1v) is 13.8. The minimum Gasteiger partial charge on any atom is -0.756 e. The summed E-state index contributed by atoms with van der Waals surface area (Å²) < 4.78 is 25.3. The van der Waals surface area contributed by atoms with Gasteiger partial charge in [-0.25, -0.2) is 0 Å². The maximum absolute atomic E-state index is 11.7. The maximum Gasteiger partial charge on any atom is 0.305 e. The third-order valence-electron chi connectivity index (χ3n) is 4.90. The highest BCUT2D eigenvalue weighted by Gasteiger charge is 2.14. The topological polar surface area (TPSA) is 133 Å². The third kappa shape index (κ3) is 22.4. The first kappa shape index (κ1) is 31.2. The molecule has 0 saturated heterocycles. The van der Waals surface area contributed by atoms with Gasteiger partial charge in [0.05, 0.1) is 13.2 Å². The second-order valence-electron chi connectivity index (χ2n) is 8.10. The molecule has 0 aliphatic rings. The van der Waals surface area contributed by atoms with Crippen molar-refractivity contribution < 1.29 is 38.9 Å². The van der Waals surface area contributed by atoms with Gasteiger partial charge in [0.25, 0.3) is 7.82 Å². The van der Waals surface area contributed by atoms with E-state index in [1.165, 1.54) is 51.4 Å². The number of hydrogen-bond donors (Lipinski definition) is 2. The predicted octanol–water partition coefficient (Wildman–Crippen LogP) is 3.67. The summed E-state index contributed by atoms with van der Waals surface area (Å²) in [6, 6.07) is 0. The number of aliphatic hydroxyl groups is 1. The van der Waals surface area contributed by atoms with Gasteiger partial charge in [0, 0.05) is 6.42 Å². The summed E-state index contributed by atoms with van der Waals surface area (Å²) in [6.45, 7) is 1.62. The SMILES string of the molecule is CCCCCCCCC=CCCCCCCCC(=O)OC[C@@H](O)COP(=O)([O-])OCC[NH3+]. The van der Waals surface area contributed by atoms with E-state index < -0.39 is 26.5 Å². The van der Waals surface area contributed by atoms with E-state index in [1.807, 2.05) is 0 Å². The zero-order valence-electron chi connectivity index (χ0n) is 20.0. The molecule has 0 fully saturated rings. The highest BCUT2D eigenvalue weighted by atomic mass is 31.2. The average Bonchev–Trinajstić information content (AvgIpc) is 2.77. The predicted molar refractivity (Wildman–Crippen MR) is 124 cm³/mol. The lowest BCUT2D eigenvalue weighted by Crippen LogP contribution is -2.52. The van der Waals surface area contributed by atoms with Crippen LogP contribution < -0.4 is 10.6 Å². The Hall–Kier alpha value is -0.760. The molecule has 0 spiro atoms. The Balaban J connectivity index is 3.49. The quantitative estimate of drug-likeness (QED) is 0.0988. The van der Waals surface area contributed by atoms with Crippen molar-refractivity contribution in [1.29, 1.82) is 0 Å². The van der Waals surface area contributed by atoms with Gasteiger partial charge in [0.15, 0.2) is 0 Å². The summed E-state index contributed by atoms with van der Waals surface area (Å²) in [5, 5.41) is 9.66. The number of phosphoric acid groups is 1. The standard InChI is InChI=1S/C23H46NO7P/c1-2-3-4-5-6-7-8-9-10-11-12-13-14-15-16-17-23(26)29-20-22(25)21-31-32(27,28)30-19-18-24/h9-10,22,25H,2-8,11-21,24H2,1H3,(H,27,28)/t22-/m1/s1. The van der Waals surface area contributed by atoms with E-state index in [2.05, 4.69) is 33.9 Å². The second kappa shape index (κ2) is 22.1. The van der Waals surface area contributed by atoms with Gasteiger partial charge in [0.1, 0.15) is 19.3 Å². The molecular formula is C23H46NO7P. The lowest BCUT2D eigenvalue weighted by molar-refractivity contribution is -0.373. The van der Waals surface area contributed by atoms with Crippen LogP contribution in [-0.4, -0.2) is 43.5 Å². The fraction of sp³-hybridized carbons (Fsp3) is 0.870. The Morgan fingerprint density at radius 1 is 0.938 bits per heavy atom. The van der Waals surface area contributed by atoms with E-state index in [9.17, 15) is 19.4 Å². The molecule has 0 rings (SSSR count). The number of allylic oxidation sites excluding steroid dienone is 2. The van der Waals surface area contributed by atoms with E-state index in [0.717, 1.165) is 32.1 Å². The number of carbonyl (C=O) groups is 1. The molecule has 0 saturated carbocycles. The fourth-order valence-electron chi connectivity index (χ4n) is 3.04. The van der Waals surface area contributed by atoms with Crippen LogP contribution in [0.5, 0.6) is 0 Å². The molecular weight excluding hydrogens is 433 g/mol. The Labute approximate surface area is 194 Å². The third-order valence-corrected chi connectivity index (χ3v) is 5.86. The van der Waals surface area contributed by atoms with Crippen molar-refractivity contribution in [3.05, 3.63) is 12.2 Å². The summed E-state index contributed by atoms with van der Waals surface area (Å²) in [5.41, 5.74) is 3.45. The van der Waals surface area contributed by atoms with E-state index in [0.29, 0.717) is 6.42 Å². The molecule has 190 valence electrons. The van der Waals surface area contributed by atoms with Crippen LogP contribution in [0.3, 0.4) is 0 Å². The largest absolute Gasteiger partial charge is 0.756 e. The zero-order chi connectivity index (χ0) is 23.9. The van der Waals surface area contributed by atoms with Crippen LogP contribution >= 0.6 is 7.82 Å². The van der Waals surface area contributed by atoms with Crippen molar-refractivity contribution >= 4 is 13.8 Å². The number of unbranched alkanes of at least 4 members (excludes halogenated alkanes) is 11. The number of quaternary nitrogens is 1. The second-order valence-corrected chi connectivity index (χ2v) is 9.51. The number of rotatable bonds is 23. The van der Waals surface area contributed by atoms with Crippen molar-refractivity contribution in [2.24, 2.45) is 0 Å². The molecule has 0 aromatic heterocycles. The van der Waals surface area contributed by atoms with Crippen LogP contribution in [0.2, 0.25) is 0 Å². The molecule has 0 aromatic rings. The first-order chi connectivity index (χ1) is 15.4. The van der Waals surface area contributed by atoms with Crippen molar-refractivity contribution in [1.82, 2.24) is 0 Å². The van der Waals surface area contributed by atoms with Crippen molar-refractivity contribution in [2.75, 3.05) is 26.4 Å². The lowest BCUT2D eigenvalue weighted by Gasteiger charge is -2.23. The molecule has 9 heteroatoms. The number of aliphatic hydroxyl groups excluding tert-OH is 1. The molecule has 0 radical (unpaired) electrons. The van der Waals surface area contributed by atoms with E-state index in [-0.39, 0.29) is 19.8 Å². The number of ether oxygens (including phenoxy) is 1. The Morgan fingerprint density at radius 3 is 2.09 bits per heavy atom. The van der Waals surface area contributed by atoms with Crippen molar-refractivity contribution in [2.45, 2.75) is 103 Å². The molecule has 8 nitrogen and oxygen atoms in total. The Bertz CT molecular complexity index is 517. The zero-order valence-corrected chi connectivity index (χ0v) is 20.9. The summed E-state index contributed by atoms with van der Waals surface area (Å²) in [5.74, 6) is -0.403. The average molecular weight is 480 g/mol. The Kier molecular flexibility index (Phi) is 21.5. The Morgan fingerprint density at radius 2 is 1.50 bits per heavy atom. The van der Waals surface area contributed by atoms with Crippen LogP contribution in [0.4, 0.5) is 0 Å². The molecule has 32 heavy (non-hydrogen) atoms. The summed E-state index contributed by atoms with van der Waals surface area (Å²) in [4.78, 5) is 23.0. The number of carbonyl (C=O) groups excluding carboxylic acids is 1. The van der Waals surface area contributed by atoms with Crippen LogP contribution in [-0.2, 0) is 23.1 Å². The monoisotopic (exact) mass is 479 g/mol. The molecule has 0 aromatic carbocycles. The summed E-state index contributed by atoms with van der Waals surface area (Å²) >= 11 is 0. The van der Waals surface area contributed by atoms with Gasteiger partial charge >= 0.3 is 5.97 Å². The van der Waals surface area contributed by atoms with Crippen LogP contribution in [0, 0.1) is 0 Å². The van der Waals surface area contributed by atoms with Crippen LogP contribution in [0.1, 0.15) is 96.8 Å². The van der Waals surface area contributed by atoms with Gasteiger partial charge in [-0.05, 0) is 32.1 Å². The van der Waals surface area contributed by atoms with Gasteiger partial charge in [-0.3, -0.25) is 9.36 Å². The minimum atomic E-state index is -4.45. The van der Waals surface area contributed by atoms with E-state index in [4.69, 9.17) is 4.74 Å². The molecule has 0 aliphatic carbocycles. The minimum absolute atomic E-state index is 0.0815. The molecule has 0 heterocycles. The van der Waals surface area contributed by atoms with E-state index >= 15 is 0 Å².